The van der Waals surface area contributed by atoms with Crippen LogP contribution in [0.15, 0.2) is 77.4 Å². The van der Waals surface area contributed by atoms with Gasteiger partial charge in [-0.2, -0.15) is 0 Å². The number of nitrogens with one attached hydrogen (secondary N) is 1. The van der Waals surface area contributed by atoms with Crippen LogP contribution in [-0.4, -0.2) is 24.3 Å². The Hall–Kier alpha value is -1.70. The number of hydrogen-bond donors (Lipinski definition) is 1. The summed E-state index contributed by atoms with van der Waals surface area (Å²) in [6, 6.07) is 10.4. The molecule has 0 amide bonds. The Morgan fingerprint density at radius 1 is 1.25 bits per heavy atom. The summed E-state index contributed by atoms with van der Waals surface area (Å²) in [5.41, 5.74) is 1.18. The molecular weight excluding hydrogens is 386 g/mol. The van der Waals surface area contributed by atoms with Gasteiger partial charge in [0.05, 0.1) is 13.1 Å². The molecule has 0 spiro atoms. The van der Waals surface area contributed by atoms with Crippen LogP contribution in [0.4, 0.5) is 0 Å². The maximum Gasteiger partial charge on any atom is 0.470 e. The van der Waals surface area contributed by atoms with Crippen LogP contribution in [0.25, 0.3) is 0 Å². The zero-order chi connectivity index (χ0) is 19.3. The van der Waals surface area contributed by atoms with Gasteiger partial charge < -0.3 is 5.32 Å². The molecule has 4 nitrogen and oxygen atoms in total. The molecular formula is C22H25N2O2P2+. The molecule has 0 saturated carbocycles. The molecule has 1 saturated heterocycles. The Balaban J connectivity index is 1.44. The lowest BCUT2D eigenvalue weighted by Gasteiger charge is -2.28. The molecule has 1 unspecified atom stereocenters. The molecule has 4 atom stereocenters. The van der Waals surface area contributed by atoms with Gasteiger partial charge in [-0.3, -0.25) is 4.57 Å². The molecule has 1 aliphatic heterocycles. The molecule has 4 rings (SSSR count). The van der Waals surface area contributed by atoms with Gasteiger partial charge in [-0.05, 0) is 29.0 Å². The SMILES string of the molecule is O=PC1=CCC=C[C@H]1[C@@H](NCCN1C[C@H]2CC=CC=C2[P+]1=O)c1ccccc1. The second kappa shape index (κ2) is 9.20. The van der Waals surface area contributed by atoms with E-state index in [1.165, 1.54) is 5.56 Å². The second-order valence-corrected chi connectivity index (χ2v) is 9.72. The first kappa shape index (κ1) is 19.6. The van der Waals surface area contributed by atoms with E-state index in [0.717, 1.165) is 43.1 Å². The van der Waals surface area contributed by atoms with Crippen LogP contribution in [0.2, 0.25) is 0 Å². The Labute approximate surface area is 169 Å². The molecule has 6 heteroatoms. The zero-order valence-corrected chi connectivity index (χ0v) is 17.6. The van der Waals surface area contributed by atoms with E-state index < -0.39 is 7.95 Å². The molecule has 0 aromatic heterocycles. The number of rotatable bonds is 7. The highest BCUT2D eigenvalue weighted by molar-refractivity contribution is 7.47. The molecule has 1 aromatic carbocycles. The fourth-order valence-corrected chi connectivity index (χ4v) is 6.42. The Morgan fingerprint density at radius 3 is 2.89 bits per heavy atom. The third-order valence-electron chi connectivity index (χ3n) is 5.66. The quantitative estimate of drug-likeness (QED) is 0.470. The number of allylic oxidation sites excluding steroid dienone is 5. The molecule has 1 fully saturated rings. The van der Waals surface area contributed by atoms with E-state index in [1.54, 1.807) is 0 Å². The van der Waals surface area contributed by atoms with Crippen molar-refractivity contribution >= 4 is 16.4 Å². The van der Waals surface area contributed by atoms with Crippen LogP contribution < -0.4 is 5.32 Å². The third kappa shape index (κ3) is 4.16. The van der Waals surface area contributed by atoms with Crippen molar-refractivity contribution in [2.24, 2.45) is 11.8 Å². The van der Waals surface area contributed by atoms with E-state index in [9.17, 15) is 9.13 Å². The Bertz CT molecular complexity index is 861. The van der Waals surface area contributed by atoms with Gasteiger partial charge in [0.25, 0.3) is 0 Å². The largest absolute Gasteiger partial charge is 0.470 e. The normalized spacial score (nSPS) is 26.8. The van der Waals surface area contributed by atoms with Crippen LogP contribution in [0, 0.1) is 11.8 Å². The van der Waals surface area contributed by atoms with Crippen molar-refractivity contribution in [3.8, 4) is 0 Å². The average Bonchev–Trinajstić information content (AvgIpc) is 3.08. The average molecular weight is 411 g/mol. The number of nitrogens with zero attached hydrogens (tertiary/aromatic N) is 1. The standard InChI is InChI=1S/C22H25N2O2P2/c25-27-20-12-6-5-11-19(20)22(17-8-2-1-3-9-17)23-14-15-24-16-18-10-4-7-13-21(18)28(24)26/h1-5,7-9,11-13,18-19,22-23H,6,10,14-16H2/q+1/t18-,19-,22+/m1/s1. The fourth-order valence-electron chi connectivity index (χ4n) is 4.22. The molecule has 1 N–H and O–H groups in total. The first-order valence-electron chi connectivity index (χ1n) is 9.85. The van der Waals surface area contributed by atoms with Gasteiger partial charge in [0, 0.05) is 29.7 Å². The van der Waals surface area contributed by atoms with Gasteiger partial charge in [0.2, 0.25) is 0 Å². The lowest BCUT2D eigenvalue weighted by atomic mass is 9.89. The predicted octanol–water partition coefficient (Wildman–Crippen LogP) is 5.59. The summed E-state index contributed by atoms with van der Waals surface area (Å²) in [6.07, 6.45) is 14.4. The summed E-state index contributed by atoms with van der Waals surface area (Å²) in [5.74, 6) is 0.478. The molecule has 28 heavy (non-hydrogen) atoms. The first-order valence-corrected chi connectivity index (χ1v) is 11.9. The lowest BCUT2D eigenvalue weighted by Crippen LogP contribution is -2.34. The van der Waals surface area contributed by atoms with Crippen LogP contribution in [0.1, 0.15) is 24.4 Å². The van der Waals surface area contributed by atoms with Crippen LogP contribution in [0.5, 0.6) is 0 Å². The molecule has 1 aromatic rings. The summed E-state index contributed by atoms with van der Waals surface area (Å²) < 4.78 is 26.6. The summed E-state index contributed by atoms with van der Waals surface area (Å²) >= 11 is 0. The van der Waals surface area contributed by atoms with Crippen molar-refractivity contribution in [1.29, 1.82) is 0 Å². The van der Waals surface area contributed by atoms with Gasteiger partial charge in [0.1, 0.15) is 0 Å². The van der Waals surface area contributed by atoms with Gasteiger partial charge >= 0.3 is 7.95 Å². The van der Waals surface area contributed by atoms with E-state index in [2.05, 4.69) is 46.4 Å². The summed E-state index contributed by atoms with van der Waals surface area (Å²) in [5, 5.41) is 5.69. The number of benzene rings is 1. The van der Waals surface area contributed by atoms with E-state index in [4.69, 9.17) is 0 Å². The monoisotopic (exact) mass is 411 g/mol. The summed E-state index contributed by atoms with van der Waals surface area (Å²) in [4.78, 5) is 0. The van der Waals surface area contributed by atoms with Crippen LogP contribution in [0.3, 0.4) is 0 Å². The highest BCUT2D eigenvalue weighted by Gasteiger charge is 2.47. The van der Waals surface area contributed by atoms with Gasteiger partial charge in [-0.15, -0.1) is 0 Å². The maximum atomic E-state index is 12.8. The highest BCUT2D eigenvalue weighted by atomic mass is 31.1. The minimum Gasteiger partial charge on any atom is -0.308 e. The first-order chi connectivity index (χ1) is 13.8. The van der Waals surface area contributed by atoms with E-state index in [0.29, 0.717) is 5.92 Å². The molecule has 144 valence electrons. The van der Waals surface area contributed by atoms with Crippen LogP contribution >= 0.6 is 16.4 Å². The van der Waals surface area contributed by atoms with Crippen molar-refractivity contribution in [2.75, 3.05) is 19.6 Å². The fraction of sp³-hybridized carbons (Fsp3) is 0.364. The predicted molar refractivity (Wildman–Crippen MR) is 115 cm³/mol. The topological polar surface area (TPSA) is 49.4 Å². The van der Waals surface area contributed by atoms with E-state index in [1.807, 2.05) is 30.4 Å². The number of hydrogen-bond acceptors (Lipinski definition) is 3. The summed E-state index contributed by atoms with van der Waals surface area (Å²) in [6.45, 7) is 2.36. The van der Waals surface area contributed by atoms with E-state index in [-0.39, 0.29) is 20.4 Å². The molecule has 3 aliphatic rings. The second-order valence-electron chi connectivity index (χ2n) is 7.39. The Kier molecular flexibility index (Phi) is 6.44. The van der Waals surface area contributed by atoms with Crippen molar-refractivity contribution in [2.45, 2.75) is 18.9 Å². The lowest BCUT2D eigenvalue weighted by molar-refractivity contribution is 0.382. The van der Waals surface area contributed by atoms with Crippen molar-refractivity contribution in [3.05, 3.63) is 83.0 Å². The minimum atomic E-state index is -1.42. The maximum absolute atomic E-state index is 12.8. The van der Waals surface area contributed by atoms with Crippen molar-refractivity contribution in [1.82, 2.24) is 9.99 Å². The highest BCUT2D eigenvalue weighted by Crippen LogP contribution is 2.50. The van der Waals surface area contributed by atoms with E-state index >= 15 is 0 Å². The molecule has 1 heterocycles. The van der Waals surface area contributed by atoms with Crippen molar-refractivity contribution < 1.29 is 9.13 Å². The zero-order valence-electron chi connectivity index (χ0n) is 15.8. The third-order valence-corrected chi connectivity index (χ3v) is 8.18. The van der Waals surface area contributed by atoms with Crippen LogP contribution in [-0.2, 0) is 9.13 Å². The smallest absolute Gasteiger partial charge is 0.308 e. The minimum absolute atomic E-state index is 0.0501. The van der Waals surface area contributed by atoms with Crippen molar-refractivity contribution in [3.63, 3.8) is 0 Å². The number of fused-ring (bicyclic) bond motifs is 1. The van der Waals surface area contributed by atoms with Gasteiger partial charge in [-0.25, -0.2) is 0 Å². The Morgan fingerprint density at radius 2 is 2.11 bits per heavy atom. The van der Waals surface area contributed by atoms with Gasteiger partial charge in [-0.1, -0.05) is 65.4 Å². The molecule has 0 radical (unpaired) electrons. The molecule has 2 aliphatic carbocycles. The summed E-state index contributed by atoms with van der Waals surface area (Å²) in [7, 11) is -1.33. The van der Waals surface area contributed by atoms with Gasteiger partial charge in [0.15, 0.2) is 13.8 Å². The molecule has 0 bridgehead atoms.